The summed E-state index contributed by atoms with van der Waals surface area (Å²) in [5, 5.41) is 2.97. The van der Waals surface area contributed by atoms with E-state index < -0.39 is 0 Å². The molecule has 2 fully saturated rings. The number of aryl methyl sites for hydroxylation is 1. The van der Waals surface area contributed by atoms with Crippen molar-refractivity contribution in [1.82, 2.24) is 20.2 Å². The number of carbonyl (C=O) groups excluding carboxylic acids is 1. The van der Waals surface area contributed by atoms with Crippen molar-refractivity contribution in [3.05, 3.63) is 54.0 Å². The van der Waals surface area contributed by atoms with Gasteiger partial charge in [-0.05, 0) is 56.5 Å². The lowest BCUT2D eigenvalue weighted by atomic mass is 10.1. The Morgan fingerprint density at radius 1 is 1.15 bits per heavy atom. The van der Waals surface area contributed by atoms with Crippen LogP contribution in [-0.4, -0.2) is 59.5 Å². The lowest BCUT2D eigenvalue weighted by Crippen LogP contribution is -2.50. The van der Waals surface area contributed by atoms with Crippen LogP contribution in [0.3, 0.4) is 0 Å². The molecule has 4 rings (SSSR count). The normalized spacial score (nSPS) is 19.7. The summed E-state index contributed by atoms with van der Waals surface area (Å²) in [6, 6.07) is 10.4. The summed E-state index contributed by atoms with van der Waals surface area (Å²) < 4.78 is 0. The molecule has 2 aliphatic heterocycles. The summed E-state index contributed by atoms with van der Waals surface area (Å²) in [6.45, 7) is 5.06. The number of rotatable bonds is 6. The monoisotopic (exact) mass is 365 g/mol. The number of pyridine rings is 2. The topological polar surface area (TPSA) is 61.4 Å². The first-order chi connectivity index (χ1) is 13.3. The van der Waals surface area contributed by atoms with Gasteiger partial charge >= 0.3 is 0 Å². The molecule has 2 saturated heterocycles. The summed E-state index contributed by atoms with van der Waals surface area (Å²) in [4.78, 5) is 26.1. The van der Waals surface area contributed by atoms with E-state index in [1.165, 1.54) is 19.4 Å². The third-order valence-electron chi connectivity index (χ3n) is 5.54. The van der Waals surface area contributed by atoms with Crippen molar-refractivity contribution in [2.45, 2.75) is 31.7 Å². The van der Waals surface area contributed by atoms with Crippen LogP contribution in [0.4, 0.5) is 5.82 Å². The Labute approximate surface area is 160 Å². The van der Waals surface area contributed by atoms with Crippen LogP contribution < -0.4 is 10.2 Å². The van der Waals surface area contributed by atoms with E-state index in [1.807, 2.05) is 30.3 Å². The molecule has 1 N–H and O–H groups in total. The van der Waals surface area contributed by atoms with Crippen molar-refractivity contribution in [2.24, 2.45) is 0 Å². The Morgan fingerprint density at radius 3 is 2.93 bits per heavy atom. The number of aromatic nitrogens is 2. The summed E-state index contributed by atoms with van der Waals surface area (Å²) in [6.07, 6.45) is 7.84. The zero-order valence-electron chi connectivity index (χ0n) is 15.7. The third-order valence-corrected chi connectivity index (χ3v) is 5.54. The maximum absolute atomic E-state index is 12.3. The predicted octanol–water partition coefficient (Wildman–Crippen LogP) is 2.12. The molecular weight excluding hydrogens is 338 g/mol. The molecule has 1 atom stereocenters. The summed E-state index contributed by atoms with van der Waals surface area (Å²) in [5.41, 5.74) is 1.68. The quantitative estimate of drug-likeness (QED) is 0.795. The van der Waals surface area contributed by atoms with Gasteiger partial charge in [0, 0.05) is 50.3 Å². The summed E-state index contributed by atoms with van der Waals surface area (Å²) in [7, 11) is 0. The minimum atomic E-state index is -0.0596. The highest BCUT2D eigenvalue weighted by molar-refractivity contribution is 5.94. The molecule has 2 aliphatic rings. The van der Waals surface area contributed by atoms with Crippen molar-refractivity contribution in [1.29, 1.82) is 0 Å². The Kier molecular flexibility index (Phi) is 5.63. The van der Waals surface area contributed by atoms with Crippen LogP contribution in [0, 0.1) is 0 Å². The van der Waals surface area contributed by atoms with E-state index in [9.17, 15) is 4.79 Å². The smallest absolute Gasteiger partial charge is 0.252 e. The van der Waals surface area contributed by atoms with Gasteiger partial charge in [0.25, 0.3) is 5.91 Å². The molecule has 0 spiro atoms. The van der Waals surface area contributed by atoms with E-state index in [2.05, 4.69) is 25.1 Å². The van der Waals surface area contributed by atoms with Gasteiger partial charge in [-0.3, -0.25) is 14.7 Å². The molecule has 2 aromatic heterocycles. The van der Waals surface area contributed by atoms with Gasteiger partial charge in [-0.1, -0.05) is 6.07 Å². The molecule has 4 heterocycles. The number of piperazine rings is 1. The third kappa shape index (κ3) is 4.45. The van der Waals surface area contributed by atoms with E-state index in [0.717, 1.165) is 44.0 Å². The number of nitrogens with zero attached hydrogens (tertiary/aromatic N) is 4. The second-order valence-corrected chi connectivity index (χ2v) is 7.36. The van der Waals surface area contributed by atoms with Gasteiger partial charge in [0.15, 0.2) is 0 Å². The minimum absolute atomic E-state index is 0.0596. The number of amides is 1. The molecule has 0 bridgehead atoms. The van der Waals surface area contributed by atoms with E-state index in [4.69, 9.17) is 0 Å². The second-order valence-electron chi connectivity index (χ2n) is 7.36. The fraction of sp³-hybridized carbons (Fsp3) is 0.476. The molecule has 27 heavy (non-hydrogen) atoms. The molecule has 0 radical (unpaired) electrons. The molecule has 0 aliphatic carbocycles. The van der Waals surface area contributed by atoms with Crippen molar-refractivity contribution >= 4 is 11.7 Å². The zero-order chi connectivity index (χ0) is 18.5. The van der Waals surface area contributed by atoms with E-state index in [1.54, 1.807) is 12.4 Å². The van der Waals surface area contributed by atoms with E-state index in [0.29, 0.717) is 18.2 Å². The predicted molar refractivity (Wildman–Crippen MR) is 106 cm³/mol. The highest BCUT2D eigenvalue weighted by Gasteiger charge is 2.30. The van der Waals surface area contributed by atoms with Crippen molar-refractivity contribution < 1.29 is 4.79 Å². The van der Waals surface area contributed by atoms with Crippen LogP contribution in [0.5, 0.6) is 0 Å². The fourth-order valence-electron chi connectivity index (χ4n) is 4.03. The van der Waals surface area contributed by atoms with Gasteiger partial charge < -0.3 is 10.2 Å². The first kappa shape index (κ1) is 17.9. The number of hydrogen-bond donors (Lipinski definition) is 1. The molecule has 0 aromatic carbocycles. The molecule has 1 amide bonds. The lowest BCUT2D eigenvalue weighted by Gasteiger charge is -2.38. The van der Waals surface area contributed by atoms with Crippen LogP contribution in [0.15, 0.2) is 42.7 Å². The van der Waals surface area contributed by atoms with Crippen LogP contribution in [0.1, 0.15) is 35.3 Å². The second kappa shape index (κ2) is 8.48. The summed E-state index contributed by atoms with van der Waals surface area (Å²) >= 11 is 0. The minimum Gasteiger partial charge on any atom is -0.354 e. The molecule has 6 nitrogen and oxygen atoms in total. The van der Waals surface area contributed by atoms with Gasteiger partial charge in [-0.15, -0.1) is 0 Å². The van der Waals surface area contributed by atoms with E-state index in [-0.39, 0.29) is 5.91 Å². The van der Waals surface area contributed by atoms with Gasteiger partial charge in [0.05, 0.1) is 5.56 Å². The largest absolute Gasteiger partial charge is 0.354 e. The van der Waals surface area contributed by atoms with Gasteiger partial charge in [-0.25, -0.2) is 4.98 Å². The Hall–Kier alpha value is -2.47. The maximum Gasteiger partial charge on any atom is 0.252 e. The molecule has 142 valence electrons. The standard InChI is InChI=1S/C21H27N5O/c27-21(23-11-3-6-18-5-1-2-10-22-18)17-8-9-20(24-15-17)26-14-13-25-12-4-7-19(25)16-26/h1-2,5,8-10,15,19H,3-4,6-7,11-14,16H2,(H,23,27). The highest BCUT2D eigenvalue weighted by Crippen LogP contribution is 2.24. The number of hydrogen-bond acceptors (Lipinski definition) is 5. The maximum atomic E-state index is 12.3. The average Bonchev–Trinajstić information content (AvgIpc) is 3.20. The van der Waals surface area contributed by atoms with E-state index >= 15 is 0 Å². The first-order valence-electron chi connectivity index (χ1n) is 9.93. The van der Waals surface area contributed by atoms with Gasteiger partial charge in [0.2, 0.25) is 0 Å². The molecule has 6 heteroatoms. The summed E-state index contributed by atoms with van der Waals surface area (Å²) in [5.74, 6) is 0.920. The van der Waals surface area contributed by atoms with Crippen LogP contribution in [0.25, 0.3) is 0 Å². The van der Waals surface area contributed by atoms with Crippen molar-refractivity contribution in [3.63, 3.8) is 0 Å². The average molecular weight is 365 g/mol. The number of nitrogens with one attached hydrogen (secondary N) is 1. The molecule has 0 saturated carbocycles. The number of anilines is 1. The van der Waals surface area contributed by atoms with Crippen LogP contribution in [0.2, 0.25) is 0 Å². The fourth-order valence-corrected chi connectivity index (χ4v) is 4.03. The molecule has 1 unspecified atom stereocenters. The number of fused-ring (bicyclic) bond motifs is 1. The molecule has 2 aromatic rings. The lowest BCUT2D eigenvalue weighted by molar-refractivity contribution is 0.0953. The first-order valence-corrected chi connectivity index (χ1v) is 9.93. The Morgan fingerprint density at radius 2 is 2.11 bits per heavy atom. The zero-order valence-corrected chi connectivity index (χ0v) is 15.7. The van der Waals surface area contributed by atoms with Gasteiger partial charge in [0.1, 0.15) is 5.82 Å². The van der Waals surface area contributed by atoms with Crippen LogP contribution in [-0.2, 0) is 6.42 Å². The Bertz CT molecular complexity index is 749. The van der Waals surface area contributed by atoms with Crippen LogP contribution >= 0.6 is 0 Å². The molecular formula is C21H27N5O. The SMILES string of the molecule is O=C(NCCCc1ccccn1)c1ccc(N2CCN3CCCC3C2)nc1. The number of carbonyl (C=O) groups is 1. The van der Waals surface area contributed by atoms with Crippen molar-refractivity contribution in [2.75, 3.05) is 37.6 Å². The highest BCUT2D eigenvalue weighted by atomic mass is 16.1. The van der Waals surface area contributed by atoms with Crippen molar-refractivity contribution in [3.8, 4) is 0 Å². The Balaban J connectivity index is 1.25. The van der Waals surface area contributed by atoms with Gasteiger partial charge in [-0.2, -0.15) is 0 Å².